The highest BCUT2D eigenvalue weighted by Crippen LogP contribution is 2.36. The summed E-state index contributed by atoms with van der Waals surface area (Å²) < 4.78 is 15.4. The Kier molecular flexibility index (Phi) is 4.17. The molecule has 1 unspecified atom stereocenters. The van der Waals surface area contributed by atoms with Crippen molar-refractivity contribution < 1.29 is 4.39 Å². The Labute approximate surface area is 141 Å². The normalized spacial score (nSPS) is 12.6. The van der Waals surface area contributed by atoms with Crippen LogP contribution in [0.4, 0.5) is 10.1 Å². The highest BCUT2D eigenvalue weighted by atomic mass is 127. The number of hydrogen-bond acceptors (Lipinski definition) is 2. The Bertz CT molecular complexity index is 797. The molecule has 108 valence electrons. The average molecular weight is 411 g/mol. The van der Waals surface area contributed by atoms with Crippen molar-refractivity contribution in [1.29, 1.82) is 0 Å². The molecular formula is C17H15FINS. The van der Waals surface area contributed by atoms with Gasteiger partial charge in [0.2, 0.25) is 0 Å². The summed E-state index contributed by atoms with van der Waals surface area (Å²) in [5.41, 5.74) is 2.30. The Morgan fingerprint density at radius 3 is 2.67 bits per heavy atom. The molecule has 1 heterocycles. The fourth-order valence-corrected chi connectivity index (χ4v) is 4.36. The van der Waals surface area contributed by atoms with E-state index in [9.17, 15) is 4.39 Å². The van der Waals surface area contributed by atoms with Gasteiger partial charge in [-0.2, -0.15) is 0 Å². The van der Waals surface area contributed by atoms with Crippen LogP contribution in [-0.2, 0) is 0 Å². The van der Waals surface area contributed by atoms with E-state index in [-0.39, 0.29) is 11.9 Å². The van der Waals surface area contributed by atoms with Crippen LogP contribution in [0.15, 0.2) is 42.5 Å². The number of rotatable bonds is 3. The first-order valence-electron chi connectivity index (χ1n) is 6.76. The number of nitrogens with one attached hydrogen (secondary N) is 1. The lowest BCUT2D eigenvalue weighted by Gasteiger charge is -2.16. The summed E-state index contributed by atoms with van der Waals surface area (Å²) in [7, 11) is 0. The molecular weight excluding hydrogens is 396 g/mol. The molecule has 0 amide bonds. The van der Waals surface area contributed by atoms with Gasteiger partial charge in [-0.3, -0.25) is 0 Å². The molecule has 3 aromatic rings. The molecule has 0 saturated carbocycles. The number of thiophene rings is 1. The van der Waals surface area contributed by atoms with Crippen molar-refractivity contribution in [2.75, 3.05) is 5.32 Å². The molecule has 1 N–H and O–H groups in total. The van der Waals surface area contributed by atoms with Gasteiger partial charge >= 0.3 is 0 Å². The van der Waals surface area contributed by atoms with Gasteiger partial charge < -0.3 is 5.32 Å². The van der Waals surface area contributed by atoms with E-state index in [1.807, 2.05) is 11.3 Å². The van der Waals surface area contributed by atoms with Gasteiger partial charge in [0.1, 0.15) is 5.82 Å². The van der Waals surface area contributed by atoms with Crippen LogP contribution >= 0.6 is 33.9 Å². The van der Waals surface area contributed by atoms with E-state index in [2.05, 4.69) is 66.0 Å². The van der Waals surface area contributed by atoms with Crippen molar-refractivity contribution in [2.24, 2.45) is 0 Å². The first-order valence-corrected chi connectivity index (χ1v) is 8.65. The summed E-state index contributed by atoms with van der Waals surface area (Å²) in [4.78, 5) is 1.33. The van der Waals surface area contributed by atoms with Crippen molar-refractivity contribution in [2.45, 2.75) is 19.9 Å². The molecule has 4 heteroatoms. The fourth-order valence-electron chi connectivity index (χ4n) is 2.51. The second kappa shape index (κ2) is 5.93. The lowest BCUT2D eigenvalue weighted by Crippen LogP contribution is -2.07. The molecule has 0 bridgehead atoms. The third kappa shape index (κ3) is 2.92. The van der Waals surface area contributed by atoms with Crippen molar-refractivity contribution in [3.63, 3.8) is 0 Å². The molecule has 0 aliphatic rings. The molecule has 1 nitrogen and oxygen atoms in total. The number of hydrogen-bond donors (Lipinski definition) is 1. The van der Waals surface area contributed by atoms with Gasteiger partial charge in [-0.25, -0.2) is 4.39 Å². The summed E-state index contributed by atoms with van der Waals surface area (Å²) in [6, 6.07) is 13.5. The zero-order valence-corrected chi connectivity index (χ0v) is 14.8. The predicted octanol–water partition coefficient (Wildman–Crippen LogP) is 6.13. The lowest BCUT2D eigenvalue weighted by atomic mass is 10.1. The topological polar surface area (TPSA) is 12.0 Å². The Hall–Kier alpha value is -1.14. The van der Waals surface area contributed by atoms with Crippen molar-refractivity contribution in [1.82, 2.24) is 0 Å². The summed E-state index contributed by atoms with van der Waals surface area (Å²) in [6.45, 7) is 4.32. The van der Waals surface area contributed by atoms with Gasteiger partial charge in [-0.1, -0.05) is 18.2 Å². The predicted molar refractivity (Wildman–Crippen MR) is 97.7 cm³/mol. The van der Waals surface area contributed by atoms with Crippen molar-refractivity contribution in [3.8, 4) is 0 Å². The maximum atomic E-state index is 13.2. The molecule has 0 saturated heterocycles. The molecule has 21 heavy (non-hydrogen) atoms. The zero-order chi connectivity index (χ0) is 15.0. The molecule has 1 atom stereocenters. The SMILES string of the molecule is Cc1c(C(C)Nc2ccc(F)cc2I)sc2ccccc12. The highest BCUT2D eigenvalue weighted by Gasteiger charge is 2.15. The zero-order valence-electron chi connectivity index (χ0n) is 11.8. The highest BCUT2D eigenvalue weighted by molar-refractivity contribution is 14.1. The Balaban J connectivity index is 1.93. The summed E-state index contributed by atoms with van der Waals surface area (Å²) >= 11 is 3.98. The van der Waals surface area contributed by atoms with Crippen LogP contribution in [0.25, 0.3) is 10.1 Å². The van der Waals surface area contributed by atoms with Crippen LogP contribution < -0.4 is 5.32 Å². The van der Waals surface area contributed by atoms with Crippen molar-refractivity contribution in [3.05, 3.63) is 62.3 Å². The minimum Gasteiger partial charge on any atom is -0.377 e. The van der Waals surface area contributed by atoms with Gasteiger partial charge in [0.25, 0.3) is 0 Å². The third-order valence-corrected chi connectivity index (χ3v) is 5.93. The smallest absolute Gasteiger partial charge is 0.124 e. The van der Waals surface area contributed by atoms with Crippen LogP contribution in [0.3, 0.4) is 0 Å². The number of anilines is 1. The average Bonchev–Trinajstić information content (AvgIpc) is 2.80. The Morgan fingerprint density at radius 2 is 1.95 bits per heavy atom. The van der Waals surface area contributed by atoms with E-state index in [0.717, 1.165) is 9.26 Å². The van der Waals surface area contributed by atoms with Gasteiger partial charge in [0.15, 0.2) is 0 Å². The maximum absolute atomic E-state index is 13.2. The van der Waals surface area contributed by atoms with E-state index >= 15 is 0 Å². The van der Waals surface area contributed by atoms with Crippen LogP contribution in [0, 0.1) is 16.3 Å². The third-order valence-electron chi connectivity index (χ3n) is 3.58. The number of benzene rings is 2. The first kappa shape index (κ1) is 14.8. The minimum atomic E-state index is -0.198. The first-order chi connectivity index (χ1) is 10.1. The van der Waals surface area contributed by atoms with Gasteiger partial charge in [-0.15, -0.1) is 11.3 Å². The fraction of sp³-hybridized carbons (Fsp3) is 0.176. The monoisotopic (exact) mass is 411 g/mol. The summed E-state index contributed by atoms with van der Waals surface area (Å²) in [6.07, 6.45) is 0. The second-order valence-corrected chi connectivity index (χ2v) is 7.32. The molecule has 0 spiro atoms. The van der Waals surface area contributed by atoms with Crippen LogP contribution in [-0.4, -0.2) is 0 Å². The molecule has 1 aromatic heterocycles. The second-order valence-electron chi connectivity index (χ2n) is 5.08. The molecule has 0 aliphatic carbocycles. The molecule has 3 rings (SSSR count). The Morgan fingerprint density at radius 1 is 1.19 bits per heavy atom. The van der Waals surface area contributed by atoms with Gasteiger partial charge in [0, 0.05) is 18.8 Å². The number of aryl methyl sites for hydroxylation is 1. The summed E-state index contributed by atoms with van der Waals surface area (Å²) in [5, 5.41) is 4.81. The van der Waals surface area contributed by atoms with Gasteiger partial charge in [0.05, 0.1) is 6.04 Å². The maximum Gasteiger partial charge on any atom is 0.124 e. The van der Waals surface area contributed by atoms with E-state index in [1.165, 1.54) is 26.6 Å². The van der Waals surface area contributed by atoms with Crippen LogP contribution in [0.1, 0.15) is 23.4 Å². The molecule has 0 aliphatic heterocycles. The van der Waals surface area contributed by atoms with E-state index < -0.39 is 0 Å². The van der Waals surface area contributed by atoms with Gasteiger partial charge in [-0.05, 0) is 71.7 Å². The minimum absolute atomic E-state index is 0.196. The largest absolute Gasteiger partial charge is 0.377 e. The standard InChI is InChI=1S/C17H15FINS/c1-10-13-5-3-4-6-16(13)21-17(10)11(2)20-15-8-7-12(18)9-14(15)19/h3-9,11,20H,1-2H3. The van der Waals surface area contributed by atoms with E-state index in [4.69, 9.17) is 0 Å². The van der Waals surface area contributed by atoms with Crippen LogP contribution in [0.2, 0.25) is 0 Å². The van der Waals surface area contributed by atoms with E-state index in [0.29, 0.717) is 0 Å². The molecule has 0 fully saturated rings. The molecule has 0 radical (unpaired) electrons. The number of fused-ring (bicyclic) bond motifs is 1. The quantitative estimate of drug-likeness (QED) is 0.512. The van der Waals surface area contributed by atoms with E-state index in [1.54, 1.807) is 12.1 Å². The van der Waals surface area contributed by atoms with Crippen molar-refractivity contribution >= 4 is 49.7 Å². The molecule has 2 aromatic carbocycles. The summed E-state index contributed by atoms with van der Waals surface area (Å²) in [5.74, 6) is -0.198. The number of halogens is 2. The van der Waals surface area contributed by atoms with Crippen LogP contribution in [0.5, 0.6) is 0 Å². The lowest BCUT2D eigenvalue weighted by molar-refractivity contribution is 0.627.